The smallest absolute Gasteiger partial charge is 0.173 e. The van der Waals surface area contributed by atoms with Crippen LogP contribution in [0.15, 0.2) is 41.0 Å². The van der Waals surface area contributed by atoms with E-state index in [4.69, 9.17) is 28.2 Å². The molecule has 0 spiro atoms. The van der Waals surface area contributed by atoms with Gasteiger partial charge in [0.15, 0.2) is 5.11 Å². The van der Waals surface area contributed by atoms with Crippen LogP contribution in [0, 0.1) is 6.92 Å². The number of rotatable bonds is 3. The van der Waals surface area contributed by atoms with Crippen molar-refractivity contribution in [3.05, 3.63) is 52.9 Å². The summed E-state index contributed by atoms with van der Waals surface area (Å²) in [5.74, 6) is 0.870. The SMILES string of the molecule is Cc1c(Cl)cccc1NC(=S)N(C)Cc1ccco1. The number of furan rings is 1. The highest BCUT2D eigenvalue weighted by atomic mass is 35.5. The van der Waals surface area contributed by atoms with E-state index in [-0.39, 0.29) is 0 Å². The second-order valence-corrected chi connectivity index (χ2v) is 5.07. The quantitative estimate of drug-likeness (QED) is 0.864. The van der Waals surface area contributed by atoms with Crippen LogP contribution in [0.1, 0.15) is 11.3 Å². The van der Waals surface area contributed by atoms with Gasteiger partial charge in [0, 0.05) is 17.8 Å². The number of anilines is 1. The minimum atomic E-state index is 0.623. The van der Waals surface area contributed by atoms with Crippen LogP contribution in [0.3, 0.4) is 0 Å². The van der Waals surface area contributed by atoms with Crippen molar-refractivity contribution < 1.29 is 4.42 Å². The highest BCUT2D eigenvalue weighted by molar-refractivity contribution is 7.80. The van der Waals surface area contributed by atoms with Crippen molar-refractivity contribution in [2.75, 3.05) is 12.4 Å². The molecule has 5 heteroatoms. The highest BCUT2D eigenvalue weighted by Crippen LogP contribution is 2.23. The Labute approximate surface area is 123 Å². The maximum atomic E-state index is 6.08. The molecule has 1 N–H and O–H groups in total. The van der Waals surface area contributed by atoms with Crippen molar-refractivity contribution in [3.8, 4) is 0 Å². The zero-order chi connectivity index (χ0) is 13.8. The minimum absolute atomic E-state index is 0.623. The third kappa shape index (κ3) is 3.49. The molecular formula is C14H15ClN2OS. The molecule has 1 heterocycles. The van der Waals surface area contributed by atoms with Gasteiger partial charge in [-0.05, 0) is 49.0 Å². The summed E-state index contributed by atoms with van der Waals surface area (Å²) in [5, 5.41) is 4.54. The van der Waals surface area contributed by atoms with E-state index in [0.717, 1.165) is 22.0 Å². The molecule has 2 aromatic rings. The molecule has 0 unspecified atom stereocenters. The Morgan fingerprint density at radius 3 is 2.84 bits per heavy atom. The number of thiocarbonyl (C=S) groups is 1. The molecular weight excluding hydrogens is 280 g/mol. The lowest BCUT2D eigenvalue weighted by Gasteiger charge is -2.21. The molecule has 100 valence electrons. The summed E-state index contributed by atoms with van der Waals surface area (Å²) in [4.78, 5) is 1.91. The number of halogens is 1. The second-order valence-electron chi connectivity index (χ2n) is 4.28. The molecule has 0 saturated carbocycles. The van der Waals surface area contributed by atoms with Crippen molar-refractivity contribution in [1.82, 2.24) is 4.90 Å². The molecule has 3 nitrogen and oxygen atoms in total. The van der Waals surface area contributed by atoms with Crippen molar-refractivity contribution >= 4 is 34.6 Å². The monoisotopic (exact) mass is 294 g/mol. The van der Waals surface area contributed by atoms with Gasteiger partial charge in [-0.1, -0.05) is 17.7 Å². The fraction of sp³-hybridized carbons (Fsp3) is 0.214. The maximum Gasteiger partial charge on any atom is 0.173 e. The number of hydrogen-bond acceptors (Lipinski definition) is 2. The van der Waals surface area contributed by atoms with E-state index in [1.165, 1.54) is 0 Å². The predicted octanol–water partition coefficient (Wildman–Crippen LogP) is 4.07. The third-order valence-corrected chi connectivity index (χ3v) is 3.65. The molecule has 2 rings (SSSR count). The fourth-order valence-corrected chi connectivity index (χ4v) is 2.01. The standard InChI is InChI=1S/C14H15ClN2OS/c1-10-12(15)6-3-7-13(10)16-14(19)17(2)9-11-5-4-8-18-11/h3-8H,9H2,1-2H3,(H,16,19). The van der Waals surface area contributed by atoms with Gasteiger partial charge in [0.1, 0.15) is 5.76 Å². The molecule has 0 radical (unpaired) electrons. The van der Waals surface area contributed by atoms with Gasteiger partial charge in [0.05, 0.1) is 12.8 Å². The molecule has 0 atom stereocenters. The third-order valence-electron chi connectivity index (χ3n) is 2.83. The first kappa shape index (κ1) is 13.9. The summed E-state index contributed by atoms with van der Waals surface area (Å²) in [6, 6.07) is 9.49. The normalized spacial score (nSPS) is 10.3. The van der Waals surface area contributed by atoms with Gasteiger partial charge in [-0.3, -0.25) is 0 Å². The van der Waals surface area contributed by atoms with Crippen LogP contribution >= 0.6 is 23.8 Å². The fourth-order valence-electron chi connectivity index (χ4n) is 1.66. The van der Waals surface area contributed by atoms with Crippen molar-refractivity contribution in [3.63, 3.8) is 0 Å². The van der Waals surface area contributed by atoms with E-state index in [1.807, 2.05) is 49.2 Å². The van der Waals surface area contributed by atoms with Gasteiger partial charge in [-0.2, -0.15) is 0 Å². The predicted molar refractivity (Wildman–Crippen MR) is 82.6 cm³/mol. The first-order chi connectivity index (χ1) is 9.08. The van der Waals surface area contributed by atoms with Gasteiger partial charge in [-0.15, -0.1) is 0 Å². The van der Waals surface area contributed by atoms with E-state index in [0.29, 0.717) is 11.7 Å². The summed E-state index contributed by atoms with van der Waals surface area (Å²) in [7, 11) is 1.91. The lowest BCUT2D eigenvalue weighted by molar-refractivity contribution is 0.414. The number of nitrogens with one attached hydrogen (secondary N) is 1. The zero-order valence-corrected chi connectivity index (χ0v) is 12.4. The van der Waals surface area contributed by atoms with Crippen LogP contribution in [0.2, 0.25) is 5.02 Å². The molecule has 0 fully saturated rings. The van der Waals surface area contributed by atoms with Crippen LogP contribution in [-0.4, -0.2) is 17.1 Å². The Hall–Kier alpha value is -1.52. The van der Waals surface area contributed by atoms with Crippen LogP contribution < -0.4 is 5.32 Å². The maximum absolute atomic E-state index is 6.08. The van der Waals surface area contributed by atoms with Crippen LogP contribution in [0.25, 0.3) is 0 Å². The average molecular weight is 295 g/mol. The van der Waals surface area contributed by atoms with Crippen molar-refractivity contribution in [1.29, 1.82) is 0 Å². The zero-order valence-electron chi connectivity index (χ0n) is 10.8. The van der Waals surface area contributed by atoms with Gasteiger partial charge >= 0.3 is 0 Å². The van der Waals surface area contributed by atoms with Crippen LogP contribution in [0.5, 0.6) is 0 Å². The van der Waals surface area contributed by atoms with E-state index >= 15 is 0 Å². The molecule has 0 amide bonds. The summed E-state index contributed by atoms with van der Waals surface area (Å²) in [5.41, 5.74) is 1.90. The molecule has 0 aliphatic carbocycles. The summed E-state index contributed by atoms with van der Waals surface area (Å²) >= 11 is 11.4. The molecule has 1 aromatic heterocycles. The Kier molecular flexibility index (Phi) is 4.45. The first-order valence-electron chi connectivity index (χ1n) is 5.87. The van der Waals surface area contributed by atoms with E-state index in [2.05, 4.69) is 5.32 Å². The van der Waals surface area contributed by atoms with Gasteiger partial charge < -0.3 is 14.6 Å². The van der Waals surface area contributed by atoms with Gasteiger partial charge in [-0.25, -0.2) is 0 Å². The van der Waals surface area contributed by atoms with Gasteiger partial charge in [0.25, 0.3) is 0 Å². The largest absolute Gasteiger partial charge is 0.467 e. The number of hydrogen-bond donors (Lipinski definition) is 1. The Balaban J connectivity index is 2.02. The number of benzene rings is 1. The summed E-state index contributed by atoms with van der Waals surface area (Å²) < 4.78 is 5.30. The van der Waals surface area contributed by atoms with Crippen LogP contribution in [-0.2, 0) is 6.54 Å². The lowest BCUT2D eigenvalue weighted by Crippen LogP contribution is -2.30. The topological polar surface area (TPSA) is 28.4 Å². The molecule has 0 bridgehead atoms. The van der Waals surface area contributed by atoms with Crippen molar-refractivity contribution in [2.24, 2.45) is 0 Å². The molecule has 0 aliphatic heterocycles. The van der Waals surface area contributed by atoms with E-state index in [1.54, 1.807) is 6.26 Å². The Morgan fingerprint density at radius 2 is 2.16 bits per heavy atom. The van der Waals surface area contributed by atoms with Crippen molar-refractivity contribution in [2.45, 2.75) is 13.5 Å². The van der Waals surface area contributed by atoms with Gasteiger partial charge in [0.2, 0.25) is 0 Å². The molecule has 0 saturated heterocycles. The van der Waals surface area contributed by atoms with E-state index in [9.17, 15) is 0 Å². The lowest BCUT2D eigenvalue weighted by atomic mass is 10.2. The first-order valence-corrected chi connectivity index (χ1v) is 6.66. The molecule has 0 aliphatic rings. The summed E-state index contributed by atoms with van der Waals surface area (Å²) in [6.45, 7) is 2.58. The summed E-state index contributed by atoms with van der Waals surface area (Å²) in [6.07, 6.45) is 1.65. The molecule has 1 aromatic carbocycles. The van der Waals surface area contributed by atoms with E-state index < -0.39 is 0 Å². The van der Waals surface area contributed by atoms with Crippen LogP contribution in [0.4, 0.5) is 5.69 Å². The Bertz CT molecular complexity index is 569. The number of nitrogens with zero attached hydrogens (tertiary/aromatic N) is 1. The Morgan fingerprint density at radius 1 is 1.37 bits per heavy atom. The second kappa shape index (κ2) is 6.08. The highest BCUT2D eigenvalue weighted by Gasteiger charge is 2.09. The average Bonchev–Trinajstić information content (AvgIpc) is 2.87. The molecule has 19 heavy (non-hydrogen) atoms. The minimum Gasteiger partial charge on any atom is -0.467 e.